The second-order valence-corrected chi connectivity index (χ2v) is 13.3. The Hall–Kier alpha value is -5.22. The van der Waals surface area contributed by atoms with Crippen molar-refractivity contribution < 1.29 is 18.9 Å². The predicted molar refractivity (Wildman–Crippen MR) is 180 cm³/mol. The number of hydrogen-bond acceptors (Lipinski definition) is 9. The second kappa shape index (κ2) is 11.8. The normalized spacial score (nSPS) is 19.5. The molecule has 13 heteroatoms. The summed E-state index contributed by atoms with van der Waals surface area (Å²) in [5.74, 6) is 7.01. The molecular formula is C35H31BrN8O4. The van der Waals surface area contributed by atoms with Gasteiger partial charge in [-0.15, -0.1) is 0 Å². The van der Waals surface area contributed by atoms with Gasteiger partial charge in [-0.25, -0.2) is 15.0 Å². The van der Waals surface area contributed by atoms with Gasteiger partial charge in [-0.05, 0) is 65.0 Å². The van der Waals surface area contributed by atoms with Crippen LogP contribution in [-0.4, -0.2) is 64.5 Å². The van der Waals surface area contributed by atoms with Crippen LogP contribution in [-0.2, 0) is 21.5 Å². The van der Waals surface area contributed by atoms with E-state index in [1.54, 1.807) is 18.5 Å². The first-order valence-corrected chi connectivity index (χ1v) is 16.3. The number of Topliss-reactive ketones (excluding diaryl/α,β-unsaturated/α-hetero) is 1. The zero-order valence-corrected chi connectivity index (χ0v) is 28.5. The topological polar surface area (TPSA) is 149 Å². The number of aryl methyl sites for hydroxylation is 2. The van der Waals surface area contributed by atoms with Gasteiger partial charge in [0, 0.05) is 42.8 Å². The number of pyridine rings is 1. The zero-order valence-electron chi connectivity index (χ0n) is 26.9. The van der Waals surface area contributed by atoms with E-state index in [-0.39, 0.29) is 36.3 Å². The monoisotopic (exact) mass is 706 g/mol. The third-order valence-electron chi connectivity index (χ3n) is 8.97. The molecule has 5 aromatic rings. The lowest BCUT2D eigenvalue weighted by molar-refractivity contribution is -0.138. The fourth-order valence-electron chi connectivity index (χ4n) is 6.29. The summed E-state index contributed by atoms with van der Waals surface area (Å²) in [5.41, 5.74) is 3.06. The number of nitrogens with one attached hydrogen (secondary N) is 1. The van der Waals surface area contributed by atoms with Gasteiger partial charge in [-0.2, -0.15) is 5.10 Å². The summed E-state index contributed by atoms with van der Waals surface area (Å²) in [4.78, 5) is 55.6. The molecule has 1 aliphatic heterocycles. The number of carbonyl (C=O) groups excluding carboxylic acids is 3. The highest BCUT2D eigenvalue weighted by atomic mass is 79.9. The van der Waals surface area contributed by atoms with Gasteiger partial charge in [0.05, 0.1) is 11.2 Å². The Morgan fingerprint density at radius 2 is 1.88 bits per heavy atom. The number of halogens is 1. The largest absolute Gasteiger partial charge is 0.359 e. The van der Waals surface area contributed by atoms with Crippen molar-refractivity contribution in [3.05, 3.63) is 81.9 Å². The summed E-state index contributed by atoms with van der Waals surface area (Å²) in [6.07, 6.45) is 3.65. The molecule has 5 heterocycles. The molecule has 1 saturated heterocycles. The van der Waals surface area contributed by atoms with Crippen LogP contribution in [0.4, 0.5) is 5.82 Å². The van der Waals surface area contributed by atoms with Crippen LogP contribution >= 0.6 is 15.9 Å². The van der Waals surface area contributed by atoms with Crippen LogP contribution in [0.2, 0.25) is 0 Å². The molecule has 2 aliphatic rings. The number of rotatable bonds is 8. The summed E-state index contributed by atoms with van der Waals surface area (Å²) < 4.78 is 7.87. The predicted octanol–water partition coefficient (Wildman–Crippen LogP) is 5.14. The zero-order chi connectivity index (χ0) is 33.9. The summed E-state index contributed by atoms with van der Waals surface area (Å²) in [6.45, 7) is 8.89. The van der Waals surface area contributed by atoms with Crippen molar-refractivity contribution in [2.45, 2.75) is 71.0 Å². The first-order valence-electron chi connectivity index (χ1n) is 15.5. The minimum absolute atomic E-state index is 0.122. The third kappa shape index (κ3) is 5.26. The van der Waals surface area contributed by atoms with E-state index in [9.17, 15) is 14.4 Å². The fraction of sp³-hybridized carbons (Fsp3) is 0.314. The lowest BCUT2D eigenvalue weighted by Crippen LogP contribution is -2.52. The molecule has 48 heavy (non-hydrogen) atoms. The van der Waals surface area contributed by atoms with Crippen LogP contribution < -0.4 is 5.32 Å². The molecule has 7 rings (SSSR count). The van der Waals surface area contributed by atoms with Crippen LogP contribution in [0.15, 0.2) is 57.9 Å². The molecule has 0 radical (unpaired) electrons. The molecule has 0 saturated carbocycles. The molecule has 12 nitrogen and oxygen atoms in total. The van der Waals surface area contributed by atoms with Crippen LogP contribution in [0, 0.1) is 25.7 Å². The highest BCUT2D eigenvalue weighted by molar-refractivity contribution is 9.10. The molecule has 4 aromatic heterocycles. The van der Waals surface area contributed by atoms with Gasteiger partial charge in [0.25, 0.3) is 0 Å². The van der Waals surface area contributed by atoms with Crippen molar-refractivity contribution in [1.82, 2.24) is 34.8 Å². The Balaban J connectivity index is 1.25. The van der Waals surface area contributed by atoms with Crippen molar-refractivity contribution in [1.29, 1.82) is 0 Å². The number of hydrogen-bond donors (Lipinski definition) is 1. The van der Waals surface area contributed by atoms with Crippen LogP contribution in [0.25, 0.3) is 22.0 Å². The average molecular weight is 708 g/mol. The SMILES string of the molecule is CC(=O)c1nn(CC(=O)N2[C@H](C(=O)Nc3nc(Br)ccc3C)C[C@@]3(c4cc(C(C)C)no4)C#C[C@@H]23)c2ccc(-c3cnc(C)nc3)cc12. The highest BCUT2D eigenvalue weighted by Crippen LogP contribution is 2.48. The molecule has 0 bridgehead atoms. The molecule has 2 amide bonds. The summed E-state index contributed by atoms with van der Waals surface area (Å²) in [6, 6.07) is 9.50. The number of carbonyl (C=O) groups is 3. The van der Waals surface area contributed by atoms with E-state index in [2.05, 4.69) is 58.3 Å². The first-order chi connectivity index (χ1) is 22.9. The molecule has 242 valence electrons. The Kier molecular flexibility index (Phi) is 7.71. The molecule has 0 unspecified atom stereocenters. The molecular weight excluding hydrogens is 676 g/mol. The number of ketones is 1. The minimum Gasteiger partial charge on any atom is -0.359 e. The van der Waals surface area contributed by atoms with E-state index in [4.69, 9.17) is 4.52 Å². The summed E-state index contributed by atoms with van der Waals surface area (Å²) >= 11 is 3.37. The number of likely N-dealkylation sites (tertiary alicyclic amines) is 1. The van der Waals surface area contributed by atoms with E-state index in [1.165, 1.54) is 16.5 Å². The maximum atomic E-state index is 14.4. The number of nitrogens with zero attached hydrogens (tertiary/aromatic N) is 7. The van der Waals surface area contributed by atoms with Crippen molar-refractivity contribution in [2.75, 3.05) is 5.32 Å². The highest BCUT2D eigenvalue weighted by Gasteiger charge is 2.61. The van der Waals surface area contributed by atoms with E-state index in [0.717, 1.165) is 22.4 Å². The molecule has 1 N–H and O–H groups in total. The van der Waals surface area contributed by atoms with Crippen LogP contribution in [0.1, 0.15) is 66.4 Å². The fourth-order valence-corrected chi connectivity index (χ4v) is 6.60. The lowest BCUT2D eigenvalue weighted by atomic mass is 9.71. The summed E-state index contributed by atoms with van der Waals surface area (Å²) in [7, 11) is 0. The molecule has 0 spiro atoms. The van der Waals surface area contributed by atoms with Gasteiger partial charge in [0.15, 0.2) is 11.5 Å². The number of anilines is 1. The van der Waals surface area contributed by atoms with Gasteiger partial charge in [-0.3, -0.25) is 19.1 Å². The van der Waals surface area contributed by atoms with E-state index < -0.39 is 23.4 Å². The quantitative estimate of drug-likeness (QED) is 0.131. The third-order valence-corrected chi connectivity index (χ3v) is 9.41. The number of benzene rings is 1. The van der Waals surface area contributed by atoms with E-state index in [0.29, 0.717) is 32.9 Å². The maximum absolute atomic E-state index is 14.4. The van der Waals surface area contributed by atoms with Crippen molar-refractivity contribution in [3.8, 4) is 23.0 Å². The van der Waals surface area contributed by atoms with E-state index >= 15 is 0 Å². The molecule has 1 aliphatic carbocycles. The Bertz CT molecular complexity index is 2200. The Morgan fingerprint density at radius 1 is 1.10 bits per heavy atom. The second-order valence-electron chi connectivity index (χ2n) is 12.5. The summed E-state index contributed by atoms with van der Waals surface area (Å²) in [5, 5.41) is 12.3. The minimum atomic E-state index is -0.917. The smallest absolute Gasteiger partial charge is 0.248 e. The van der Waals surface area contributed by atoms with E-state index in [1.807, 2.05) is 58.0 Å². The standard InChI is InChI=1S/C35H31BrN8O4/c1-18(2)25-13-29(48-42-25)35-11-10-28(35)44(27(14-35)34(47)40-33-19(3)6-9-30(36)39-33)31(46)17-43-26-8-7-22(23-15-37-21(5)38-16-23)12-24(26)32(41-43)20(4)45/h6-9,12-13,15-16,18,27-28H,14,17H2,1-5H3,(H,39,40,47)/t27-,28+,35-/m0/s1. The van der Waals surface area contributed by atoms with Gasteiger partial charge in [0.1, 0.15) is 46.0 Å². The van der Waals surface area contributed by atoms with Crippen LogP contribution in [0.3, 0.4) is 0 Å². The van der Waals surface area contributed by atoms with Crippen molar-refractivity contribution in [2.24, 2.45) is 0 Å². The van der Waals surface area contributed by atoms with Crippen molar-refractivity contribution >= 4 is 50.2 Å². The number of amides is 2. The van der Waals surface area contributed by atoms with Gasteiger partial charge >= 0.3 is 0 Å². The van der Waals surface area contributed by atoms with Crippen molar-refractivity contribution in [3.63, 3.8) is 0 Å². The first kappa shape index (κ1) is 31.4. The Morgan fingerprint density at radius 3 is 2.54 bits per heavy atom. The molecule has 3 atom stereocenters. The van der Waals surface area contributed by atoms with Gasteiger partial charge in [-0.1, -0.05) is 43.0 Å². The van der Waals surface area contributed by atoms with Gasteiger partial charge < -0.3 is 14.7 Å². The lowest BCUT2D eigenvalue weighted by Gasteiger charge is -2.34. The van der Waals surface area contributed by atoms with Gasteiger partial charge in [0.2, 0.25) is 11.8 Å². The Labute approximate surface area is 284 Å². The number of fused-ring (bicyclic) bond motifs is 2. The molecule has 1 fully saturated rings. The maximum Gasteiger partial charge on any atom is 0.248 e. The molecule has 1 aromatic carbocycles. The van der Waals surface area contributed by atoms with Crippen LogP contribution in [0.5, 0.6) is 0 Å². The average Bonchev–Trinajstić information content (AvgIpc) is 3.73. The number of aromatic nitrogens is 6.